The predicted octanol–water partition coefficient (Wildman–Crippen LogP) is 2.57. The highest BCUT2D eigenvalue weighted by molar-refractivity contribution is 7.89. The quantitative estimate of drug-likeness (QED) is 0.845. The maximum atomic E-state index is 11.4. The molecule has 0 amide bonds. The third-order valence-electron chi connectivity index (χ3n) is 4.71. The van der Waals surface area contributed by atoms with Gasteiger partial charge in [-0.2, -0.15) is 0 Å². The van der Waals surface area contributed by atoms with Crippen molar-refractivity contribution in [2.75, 3.05) is 12.3 Å². The third-order valence-corrected chi connectivity index (χ3v) is 6.11. The van der Waals surface area contributed by atoms with Crippen molar-refractivity contribution in [2.45, 2.75) is 51.6 Å². The number of benzene rings is 1. The lowest BCUT2D eigenvalue weighted by Gasteiger charge is -2.35. The number of aliphatic hydroxyl groups is 1. The second-order valence-electron chi connectivity index (χ2n) is 6.46. The van der Waals surface area contributed by atoms with E-state index in [1.165, 1.54) is 0 Å². The third kappa shape index (κ3) is 4.54. The lowest BCUT2D eigenvalue weighted by molar-refractivity contribution is -0.0120. The fourth-order valence-corrected chi connectivity index (χ4v) is 3.58. The highest BCUT2D eigenvalue weighted by atomic mass is 32.2. The summed E-state index contributed by atoms with van der Waals surface area (Å²) in [7, 11) is -3.12. The molecule has 22 heavy (non-hydrogen) atoms. The van der Waals surface area contributed by atoms with Crippen LogP contribution in [-0.4, -0.2) is 25.8 Å². The molecule has 0 radical (unpaired) electrons. The summed E-state index contributed by atoms with van der Waals surface area (Å²) in [4.78, 5) is 0. The van der Waals surface area contributed by atoms with E-state index < -0.39 is 15.6 Å². The van der Waals surface area contributed by atoms with Crippen molar-refractivity contribution in [3.8, 4) is 0 Å². The molecule has 2 rings (SSSR count). The lowest BCUT2D eigenvalue weighted by Crippen LogP contribution is -2.30. The van der Waals surface area contributed by atoms with Gasteiger partial charge in [-0.25, -0.2) is 13.1 Å². The predicted molar refractivity (Wildman–Crippen MR) is 89.1 cm³/mol. The summed E-state index contributed by atoms with van der Waals surface area (Å²) in [5.41, 5.74) is 1.38. The molecule has 0 heterocycles. The zero-order chi connectivity index (χ0) is 16.2. The summed E-state index contributed by atoms with van der Waals surface area (Å²) in [5.74, 6) is 0.809. The molecule has 4 nitrogen and oxygen atoms in total. The van der Waals surface area contributed by atoms with Gasteiger partial charge >= 0.3 is 0 Å². The second kappa shape index (κ2) is 7.11. The molecule has 1 fully saturated rings. The van der Waals surface area contributed by atoms with Crippen LogP contribution < -0.4 is 4.72 Å². The number of hydrogen-bond donors (Lipinski definition) is 2. The summed E-state index contributed by atoms with van der Waals surface area (Å²) in [5, 5.41) is 10.8. The zero-order valence-corrected chi connectivity index (χ0v) is 14.3. The van der Waals surface area contributed by atoms with E-state index >= 15 is 0 Å². The smallest absolute Gasteiger partial charge is 0.211 e. The molecule has 0 aromatic heterocycles. The van der Waals surface area contributed by atoms with E-state index in [2.05, 4.69) is 11.6 Å². The Bertz CT molecular complexity index is 572. The van der Waals surface area contributed by atoms with Crippen molar-refractivity contribution in [3.05, 3.63) is 35.4 Å². The molecular weight excluding hydrogens is 298 g/mol. The van der Waals surface area contributed by atoms with Crippen LogP contribution in [-0.2, 0) is 22.0 Å². The Hall–Kier alpha value is -0.910. The van der Waals surface area contributed by atoms with Gasteiger partial charge < -0.3 is 5.11 Å². The van der Waals surface area contributed by atoms with Crippen LogP contribution >= 0.6 is 0 Å². The summed E-state index contributed by atoms with van der Waals surface area (Å²) in [6.07, 6.45) is 4.44. The standard InChI is InChI=1S/C17H27NO3S/c1-3-22(20,21)18-13-10-15-4-6-16(7-5-15)17(19)11-8-14(2)9-12-17/h4-7,14,18-19H,3,8-13H2,1-2H3. The van der Waals surface area contributed by atoms with Crippen molar-refractivity contribution in [2.24, 2.45) is 5.92 Å². The highest BCUT2D eigenvalue weighted by Gasteiger charge is 2.33. The largest absolute Gasteiger partial charge is 0.385 e. The van der Waals surface area contributed by atoms with Crippen molar-refractivity contribution < 1.29 is 13.5 Å². The molecule has 1 aliphatic rings. The van der Waals surface area contributed by atoms with Gasteiger partial charge in [0.05, 0.1) is 11.4 Å². The average Bonchev–Trinajstić information content (AvgIpc) is 2.51. The van der Waals surface area contributed by atoms with Crippen LogP contribution in [0.3, 0.4) is 0 Å². The number of rotatable bonds is 6. The molecule has 1 aliphatic carbocycles. The maximum absolute atomic E-state index is 11.4. The topological polar surface area (TPSA) is 66.4 Å². The average molecular weight is 325 g/mol. The van der Waals surface area contributed by atoms with Crippen molar-refractivity contribution >= 4 is 10.0 Å². The lowest BCUT2D eigenvalue weighted by atomic mass is 9.76. The first kappa shape index (κ1) is 17.4. The molecule has 1 aromatic rings. The first-order valence-corrected chi connectivity index (χ1v) is 9.79. The van der Waals surface area contributed by atoms with E-state index in [4.69, 9.17) is 0 Å². The minimum Gasteiger partial charge on any atom is -0.385 e. The molecule has 124 valence electrons. The molecular formula is C17H27NO3S. The minimum absolute atomic E-state index is 0.109. The first-order chi connectivity index (χ1) is 10.3. The maximum Gasteiger partial charge on any atom is 0.211 e. The molecule has 0 unspecified atom stereocenters. The monoisotopic (exact) mass is 325 g/mol. The summed E-state index contributed by atoms with van der Waals surface area (Å²) >= 11 is 0. The van der Waals surface area contributed by atoms with Gasteiger partial charge in [-0.3, -0.25) is 0 Å². The van der Waals surface area contributed by atoms with Crippen LogP contribution in [0.15, 0.2) is 24.3 Å². The van der Waals surface area contributed by atoms with Crippen molar-refractivity contribution in [1.29, 1.82) is 0 Å². The molecule has 0 saturated heterocycles. The van der Waals surface area contributed by atoms with E-state index in [0.29, 0.717) is 18.9 Å². The van der Waals surface area contributed by atoms with Gasteiger partial charge in [-0.05, 0) is 56.1 Å². The van der Waals surface area contributed by atoms with Crippen molar-refractivity contribution in [1.82, 2.24) is 4.72 Å². The van der Waals surface area contributed by atoms with Gasteiger partial charge in [0.2, 0.25) is 10.0 Å². The van der Waals surface area contributed by atoms with Crippen LogP contribution in [0.1, 0.15) is 50.7 Å². The Morgan fingerprint density at radius 1 is 1.23 bits per heavy atom. The van der Waals surface area contributed by atoms with Gasteiger partial charge in [0.15, 0.2) is 0 Å². The van der Waals surface area contributed by atoms with Gasteiger partial charge in [0.25, 0.3) is 0 Å². The van der Waals surface area contributed by atoms with Crippen LogP contribution in [0, 0.1) is 5.92 Å². The van der Waals surface area contributed by atoms with Crippen LogP contribution in [0.25, 0.3) is 0 Å². The fraction of sp³-hybridized carbons (Fsp3) is 0.647. The van der Waals surface area contributed by atoms with E-state index in [0.717, 1.165) is 36.8 Å². The number of hydrogen-bond acceptors (Lipinski definition) is 3. The summed E-state index contributed by atoms with van der Waals surface area (Å²) < 4.78 is 25.3. The zero-order valence-electron chi connectivity index (χ0n) is 13.5. The SMILES string of the molecule is CCS(=O)(=O)NCCc1ccc(C2(O)CCC(C)CC2)cc1. The van der Waals surface area contributed by atoms with E-state index in [9.17, 15) is 13.5 Å². The Morgan fingerprint density at radius 3 is 2.36 bits per heavy atom. The van der Waals surface area contributed by atoms with Gasteiger partial charge in [0, 0.05) is 6.54 Å². The molecule has 1 aromatic carbocycles. The van der Waals surface area contributed by atoms with E-state index in [-0.39, 0.29) is 5.75 Å². The van der Waals surface area contributed by atoms with Crippen molar-refractivity contribution in [3.63, 3.8) is 0 Å². The minimum atomic E-state index is -3.12. The van der Waals surface area contributed by atoms with E-state index in [1.54, 1.807) is 6.92 Å². The summed E-state index contributed by atoms with van der Waals surface area (Å²) in [6.45, 7) is 4.28. The molecule has 0 spiro atoms. The first-order valence-electron chi connectivity index (χ1n) is 8.14. The molecule has 0 atom stereocenters. The Kier molecular flexibility index (Phi) is 5.64. The second-order valence-corrected chi connectivity index (χ2v) is 8.55. The van der Waals surface area contributed by atoms with Gasteiger partial charge in [-0.1, -0.05) is 31.2 Å². The molecule has 0 bridgehead atoms. The normalized spacial score (nSPS) is 26.0. The van der Waals surface area contributed by atoms with Crippen LogP contribution in [0.2, 0.25) is 0 Å². The van der Waals surface area contributed by atoms with Crippen LogP contribution in [0.5, 0.6) is 0 Å². The van der Waals surface area contributed by atoms with Crippen LogP contribution in [0.4, 0.5) is 0 Å². The highest BCUT2D eigenvalue weighted by Crippen LogP contribution is 2.39. The molecule has 5 heteroatoms. The summed E-state index contributed by atoms with van der Waals surface area (Å²) in [6, 6.07) is 7.95. The fourth-order valence-electron chi connectivity index (χ4n) is 2.96. The molecule has 0 aliphatic heterocycles. The number of nitrogens with one attached hydrogen (secondary N) is 1. The number of sulfonamides is 1. The van der Waals surface area contributed by atoms with Gasteiger partial charge in [-0.15, -0.1) is 0 Å². The Labute approximate surface area is 134 Å². The molecule has 2 N–H and O–H groups in total. The molecule has 1 saturated carbocycles. The van der Waals surface area contributed by atoms with Gasteiger partial charge in [0.1, 0.15) is 0 Å². The Morgan fingerprint density at radius 2 is 1.82 bits per heavy atom. The van der Waals surface area contributed by atoms with E-state index in [1.807, 2.05) is 24.3 Å². The Balaban J connectivity index is 1.93.